The number of aromatic amines is 1. The van der Waals surface area contributed by atoms with Gasteiger partial charge in [0.1, 0.15) is 5.69 Å². The van der Waals surface area contributed by atoms with Crippen LogP contribution in [-0.2, 0) is 4.74 Å². The largest absolute Gasteiger partial charge is 0.372 e. The SMILES string of the molecule is Cc1cc2c(NC(=O)c3cc(N4CC(C)OC(C)C4)ccn3)n[nH]c2cc1C#N. The Bertz CT molecular complexity index is 1110. The maximum atomic E-state index is 12.8. The minimum atomic E-state index is -0.336. The van der Waals surface area contributed by atoms with Crippen molar-refractivity contribution in [3.05, 3.63) is 47.3 Å². The van der Waals surface area contributed by atoms with Crippen molar-refractivity contribution in [2.45, 2.75) is 33.0 Å². The molecule has 3 heterocycles. The summed E-state index contributed by atoms with van der Waals surface area (Å²) in [5.41, 5.74) is 3.35. The number of ether oxygens (including phenoxy) is 1. The molecule has 0 bridgehead atoms. The van der Waals surface area contributed by atoms with Crippen LogP contribution >= 0.6 is 0 Å². The molecule has 0 aliphatic carbocycles. The lowest BCUT2D eigenvalue weighted by Gasteiger charge is -2.36. The first kappa shape index (κ1) is 18.9. The maximum absolute atomic E-state index is 12.8. The molecule has 1 aliphatic rings. The number of amides is 1. The normalized spacial score (nSPS) is 19.2. The number of aromatic nitrogens is 3. The fraction of sp³-hybridized carbons (Fsp3) is 0.333. The molecule has 29 heavy (non-hydrogen) atoms. The molecule has 2 unspecified atom stereocenters. The summed E-state index contributed by atoms with van der Waals surface area (Å²) in [7, 11) is 0. The van der Waals surface area contributed by atoms with Crippen molar-refractivity contribution in [1.82, 2.24) is 15.2 Å². The number of hydrogen-bond acceptors (Lipinski definition) is 6. The number of aryl methyl sites for hydroxylation is 1. The molecule has 148 valence electrons. The number of carbonyl (C=O) groups excluding carboxylic acids is 1. The molecule has 1 aliphatic heterocycles. The molecule has 0 saturated carbocycles. The van der Waals surface area contributed by atoms with E-state index < -0.39 is 0 Å². The molecule has 1 saturated heterocycles. The Labute approximate surface area is 168 Å². The molecule has 2 N–H and O–H groups in total. The molecule has 0 spiro atoms. The van der Waals surface area contributed by atoms with Gasteiger partial charge in [-0.1, -0.05) is 0 Å². The third-order valence-corrected chi connectivity index (χ3v) is 5.02. The Hall–Kier alpha value is -3.44. The number of nitriles is 1. The number of pyridine rings is 1. The van der Waals surface area contributed by atoms with Crippen molar-refractivity contribution in [3.63, 3.8) is 0 Å². The number of anilines is 2. The predicted octanol–water partition coefficient (Wildman–Crippen LogP) is 3.00. The van der Waals surface area contributed by atoms with E-state index in [1.165, 1.54) is 0 Å². The van der Waals surface area contributed by atoms with Crippen LogP contribution in [-0.4, -0.2) is 46.4 Å². The average molecular weight is 390 g/mol. The number of hydrogen-bond donors (Lipinski definition) is 2. The molecule has 4 rings (SSSR count). The van der Waals surface area contributed by atoms with Gasteiger partial charge >= 0.3 is 0 Å². The number of morpholine rings is 1. The van der Waals surface area contributed by atoms with E-state index in [1.54, 1.807) is 18.3 Å². The molecule has 1 fully saturated rings. The number of H-pyrrole nitrogens is 1. The smallest absolute Gasteiger partial charge is 0.275 e. The Morgan fingerprint density at radius 2 is 2.07 bits per heavy atom. The third kappa shape index (κ3) is 3.77. The van der Waals surface area contributed by atoms with Crippen LogP contribution in [0.4, 0.5) is 11.5 Å². The quantitative estimate of drug-likeness (QED) is 0.712. The van der Waals surface area contributed by atoms with E-state index in [0.717, 1.165) is 29.7 Å². The molecule has 1 aromatic carbocycles. The van der Waals surface area contributed by atoms with Crippen molar-refractivity contribution in [3.8, 4) is 6.07 Å². The second kappa shape index (κ2) is 7.53. The molecule has 0 radical (unpaired) electrons. The van der Waals surface area contributed by atoms with Gasteiger partial charge in [-0.15, -0.1) is 0 Å². The minimum absolute atomic E-state index is 0.126. The second-order valence-corrected chi connectivity index (χ2v) is 7.41. The summed E-state index contributed by atoms with van der Waals surface area (Å²) >= 11 is 0. The van der Waals surface area contributed by atoms with E-state index in [4.69, 9.17) is 4.74 Å². The zero-order valence-corrected chi connectivity index (χ0v) is 16.6. The molecule has 1 amide bonds. The zero-order valence-electron chi connectivity index (χ0n) is 16.6. The first-order chi connectivity index (χ1) is 13.9. The van der Waals surface area contributed by atoms with Crippen LogP contribution in [0.2, 0.25) is 0 Å². The molecular weight excluding hydrogens is 368 g/mol. The van der Waals surface area contributed by atoms with Gasteiger partial charge in [-0.3, -0.25) is 14.9 Å². The number of nitrogens with one attached hydrogen (secondary N) is 2. The topological polar surface area (TPSA) is 107 Å². The zero-order chi connectivity index (χ0) is 20.5. The van der Waals surface area contributed by atoms with Crippen molar-refractivity contribution >= 4 is 28.3 Å². The monoisotopic (exact) mass is 390 g/mol. The summed E-state index contributed by atoms with van der Waals surface area (Å²) < 4.78 is 5.78. The summed E-state index contributed by atoms with van der Waals surface area (Å²) in [6.07, 6.45) is 1.89. The number of rotatable bonds is 3. The molecule has 2 atom stereocenters. The van der Waals surface area contributed by atoms with E-state index in [9.17, 15) is 10.1 Å². The van der Waals surface area contributed by atoms with Gasteiger partial charge in [0.25, 0.3) is 5.91 Å². The Kier molecular flexibility index (Phi) is 4.91. The van der Waals surface area contributed by atoms with Crippen molar-refractivity contribution in [2.75, 3.05) is 23.3 Å². The van der Waals surface area contributed by atoms with Gasteiger partial charge in [-0.25, -0.2) is 0 Å². The minimum Gasteiger partial charge on any atom is -0.372 e. The molecule has 8 heteroatoms. The molecule has 8 nitrogen and oxygen atoms in total. The summed E-state index contributed by atoms with van der Waals surface area (Å²) in [5.74, 6) is 0.0787. The fourth-order valence-corrected chi connectivity index (χ4v) is 3.69. The van der Waals surface area contributed by atoms with E-state index in [0.29, 0.717) is 22.6 Å². The number of nitrogens with zero attached hydrogens (tertiary/aromatic N) is 4. The maximum Gasteiger partial charge on any atom is 0.275 e. The standard InChI is InChI=1S/C21H22N6O2/c1-12-6-17-18(7-15(12)9-22)25-26-20(17)24-21(28)19-8-16(4-5-23-19)27-10-13(2)29-14(3)11-27/h4-8,13-14H,10-11H2,1-3H3,(H2,24,25,26,28). The van der Waals surface area contributed by atoms with E-state index >= 15 is 0 Å². The summed E-state index contributed by atoms with van der Waals surface area (Å²) in [6, 6.07) is 9.40. The lowest BCUT2D eigenvalue weighted by atomic mass is 10.1. The van der Waals surface area contributed by atoms with Crippen molar-refractivity contribution in [2.24, 2.45) is 0 Å². The van der Waals surface area contributed by atoms with Crippen LogP contribution in [0.25, 0.3) is 10.9 Å². The highest BCUT2D eigenvalue weighted by atomic mass is 16.5. The van der Waals surface area contributed by atoms with Crippen LogP contribution in [0.3, 0.4) is 0 Å². The Balaban J connectivity index is 1.57. The van der Waals surface area contributed by atoms with Gasteiger partial charge < -0.3 is 15.0 Å². The first-order valence-electron chi connectivity index (χ1n) is 9.51. The van der Waals surface area contributed by atoms with Crippen molar-refractivity contribution in [1.29, 1.82) is 5.26 Å². The number of carbonyl (C=O) groups is 1. The molecular formula is C21H22N6O2. The Morgan fingerprint density at radius 3 is 2.79 bits per heavy atom. The van der Waals surface area contributed by atoms with E-state index in [1.807, 2.05) is 32.9 Å². The lowest BCUT2D eigenvalue weighted by molar-refractivity contribution is -0.00522. The van der Waals surface area contributed by atoms with Gasteiger partial charge in [0.05, 0.1) is 29.4 Å². The molecule has 2 aromatic heterocycles. The van der Waals surface area contributed by atoms with Crippen molar-refractivity contribution < 1.29 is 9.53 Å². The molecule has 3 aromatic rings. The number of fused-ring (bicyclic) bond motifs is 1. The fourth-order valence-electron chi connectivity index (χ4n) is 3.69. The number of benzene rings is 1. The van der Waals surface area contributed by atoms with E-state index in [2.05, 4.69) is 31.5 Å². The Morgan fingerprint density at radius 1 is 1.31 bits per heavy atom. The van der Waals surface area contributed by atoms with Gasteiger partial charge in [0, 0.05) is 30.4 Å². The highest BCUT2D eigenvalue weighted by molar-refractivity contribution is 6.07. The second-order valence-electron chi connectivity index (χ2n) is 7.41. The third-order valence-electron chi connectivity index (χ3n) is 5.02. The summed E-state index contributed by atoms with van der Waals surface area (Å²) in [5, 5.41) is 19.8. The van der Waals surface area contributed by atoms with Gasteiger partial charge in [-0.2, -0.15) is 10.4 Å². The van der Waals surface area contributed by atoms with Gasteiger partial charge in [0.15, 0.2) is 5.82 Å². The highest BCUT2D eigenvalue weighted by Crippen LogP contribution is 2.25. The van der Waals surface area contributed by atoms with E-state index in [-0.39, 0.29) is 18.1 Å². The highest BCUT2D eigenvalue weighted by Gasteiger charge is 2.23. The lowest BCUT2D eigenvalue weighted by Crippen LogP contribution is -2.45. The van der Waals surface area contributed by atoms with Gasteiger partial charge in [-0.05, 0) is 50.6 Å². The van der Waals surface area contributed by atoms with Crippen LogP contribution in [0.5, 0.6) is 0 Å². The van der Waals surface area contributed by atoms with Crippen LogP contribution in [0.15, 0.2) is 30.5 Å². The first-order valence-corrected chi connectivity index (χ1v) is 9.51. The summed E-state index contributed by atoms with van der Waals surface area (Å²) in [6.45, 7) is 7.46. The average Bonchev–Trinajstić information content (AvgIpc) is 3.08. The van der Waals surface area contributed by atoms with Gasteiger partial charge in [0.2, 0.25) is 0 Å². The predicted molar refractivity (Wildman–Crippen MR) is 110 cm³/mol. The van der Waals surface area contributed by atoms with Crippen LogP contribution < -0.4 is 10.2 Å². The summed E-state index contributed by atoms with van der Waals surface area (Å²) in [4.78, 5) is 19.2. The van der Waals surface area contributed by atoms with Crippen LogP contribution in [0, 0.1) is 18.3 Å². The van der Waals surface area contributed by atoms with Crippen LogP contribution in [0.1, 0.15) is 35.5 Å².